The number of nitrogens with zero attached hydrogens (tertiary/aromatic N) is 4. The van der Waals surface area contributed by atoms with Crippen LogP contribution in [0.25, 0.3) is 22.1 Å². The molecule has 0 saturated heterocycles. The van der Waals surface area contributed by atoms with Gasteiger partial charge in [0.2, 0.25) is 0 Å². The lowest BCUT2D eigenvalue weighted by atomic mass is 9.90. The number of nitrogens with one attached hydrogen (secondary N) is 2. The molecule has 0 bridgehead atoms. The predicted octanol–water partition coefficient (Wildman–Crippen LogP) is 2.26. The number of fused-ring (bicyclic) bond motifs is 3. The molecule has 1 fully saturated rings. The zero-order chi connectivity index (χ0) is 17.2. The third kappa shape index (κ3) is 2.89. The van der Waals surface area contributed by atoms with Crippen LogP contribution in [0.15, 0.2) is 29.5 Å². The summed E-state index contributed by atoms with van der Waals surface area (Å²) >= 11 is 0. The maximum atomic E-state index is 12.6. The van der Waals surface area contributed by atoms with Crippen LogP contribution in [-0.4, -0.2) is 32.1 Å². The Morgan fingerprint density at radius 2 is 2.12 bits per heavy atom. The van der Waals surface area contributed by atoms with E-state index in [1.165, 1.54) is 6.20 Å². The van der Waals surface area contributed by atoms with Crippen LogP contribution >= 0.6 is 0 Å². The third-order valence-corrected chi connectivity index (χ3v) is 5.06. The molecule has 3 heterocycles. The molecule has 1 aliphatic carbocycles. The van der Waals surface area contributed by atoms with Gasteiger partial charge in [-0.3, -0.25) is 4.79 Å². The summed E-state index contributed by atoms with van der Waals surface area (Å²) in [6.45, 7) is 0.736. The second-order valence-corrected chi connectivity index (χ2v) is 6.57. The van der Waals surface area contributed by atoms with Gasteiger partial charge in [0.05, 0.1) is 24.0 Å². The molecule has 7 nitrogen and oxygen atoms in total. The van der Waals surface area contributed by atoms with E-state index in [0.717, 1.165) is 54.3 Å². The van der Waals surface area contributed by atoms with E-state index in [4.69, 9.17) is 5.26 Å². The van der Waals surface area contributed by atoms with Crippen molar-refractivity contribution in [3.8, 4) is 6.07 Å². The van der Waals surface area contributed by atoms with Crippen LogP contribution in [0.3, 0.4) is 0 Å². The molecule has 25 heavy (non-hydrogen) atoms. The molecule has 0 atom stereocenters. The molecule has 0 radical (unpaired) electrons. The highest BCUT2D eigenvalue weighted by atomic mass is 16.1. The Labute approximate surface area is 144 Å². The van der Waals surface area contributed by atoms with E-state index in [9.17, 15) is 4.79 Å². The van der Waals surface area contributed by atoms with Crippen molar-refractivity contribution in [3.63, 3.8) is 0 Å². The lowest BCUT2D eigenvalue weighted by molar-refractivity contribution is 0.293. The molecule has 1 saturated carbocycles. The maximum Gasteiger partial charge on any atom is 0.269 e. The van der Waals surface area contributed by atoms with E-state index in [1.807, 2.05) is 16.8 Å². The molecule has 0 aromatic carbocycles. The van der Waals surface area contributed by atoms with Crippen molar-refractivity contribution in [2.24, 2.45) is 0 Å². The van der Waals surface area contributed by atoms with Crippen molar-refractivity contribution < 1.29 is 0 Å². The summed E-state index contributed by atoms with van der Waals surface area (Å²) in [6, 6.07) is 4.72. The molecule has 2 N–H and O–H groups in total. The van der Waals surface area contributed by atoms with Crippen molar-refractivity contribution in [1.82, 2.24) is 24.8 Å². The van der Waals surface area contributed by atoms with Gasteiger partial charge >= 0.3 is 0 Å². The summed E-state index contributed by atoms with van der Waals surface area (Å²) < 4.78 is 1.91. The van der Waals surface area contributed by atoms with Gasteiger partial charge in [0.25, 0.3) is 5.56 Å². The van der Waals surface area contributed by atoms with E-state index < -0.39 is 0 Å². The fourth-order valence-corrected chi connectivity index (χ4v) is 3.86. The number of rotatable bonds is 4. The molecule has 0 unspecified atom stereocenters. The molecule has 3 aromatic heterocycles. The van der Waals surface area contributed by atoms with E-state index in [0.29, 0.717) is 12.5 Å². The van der Waals surface area contributed by atoms with Crippen LogP contribution in [0, 0.1) is 11.3 Å². The Kier molecular flexibility index (Phi) is 4.20. The van der Waals surface area contributed by atoms with Gasteiger partial charge in [-0.15, -0.1) is 0 Å². The highest BCUT2D eigenvalue weighted by Gasteiger charge is 2.24. The average molecular weight is 336 g/mol. The summed E-state index contributed by atoms with van der Waals surface area (Å²) in [5.74, 6) is 0. The van der Waals surface area contributed by atoms with Gasteiger partial charge in [-0.25, -0.2) is 9.97 Å². The smallest absolute Gasteiger partial charge is 0.269 e. The van der Waals surface area contributed by atoms with Gasteiger partial charge in [0, 0.05) is 36.6 Å². The van der Waals surface area contributed by atoms with Crippen LogP contribution in [0.4, 0.5) is 0 Å². The highest BCUT2D eigenvalue weighted by Crippen LogP contribution is 2.31. The van der Waals surface area contributed by atoms with Crippen LogP contribution < -0.4 is 10.9 Å². The number of aromatic nitrogens is 4. The van der Waals surface area contributed by atoms with Crippen molar-refractivity contribution in [1.29, 1.82) is 5.26 Å². The molecule has 0 spiro atoms. The number of hydrogen-bond acceptors (Lipinski definition) is 5. The standard InChI is InChI=1S/C18H20N6O/c19-7-1-8-20-12-2-4-13(5-3-12)24-16(25)11-22-15-10-23-18-14(17(15)24)6-9-21-18/h6,9-13,20H,1-5,8H2,(H,21,23)/t12-,13-. The number of hydrogen-bond donors (Lipinski definition) is 2. The number of nitriles is 1. The zero-order valence-corrected chi connectivity index (χ0v) is 13.9. The van der Waals surface area contributed by atoms with Crippen molar-refractivity contribution in [2.75, 3.05) is 6.54 Å². The van der Waals surface area contributed by atoms with E-state index in [-0.39, 0.29) is 11.6 Å². The Bertz CT molecular complexity index is 990. The monoisotopic (exact) mass is 336 g/mol. The Morgan fingerprint density at radius 1 is 1.28 bits per heavy atom. The summed E-state index contributed by atoms with van der Waals surface area (Å²) in [7, 11) is 0. The minimum absolute atomic E-state index is 0.0536. The Hall–Kier alpha value is -2.72. The highest BCUT2D eigenvalue weighted by molar-refractivity contribution is 6.00. The predicted molar refractivity (Wildman–Crippen MR) is 95.2 cm³/mol. The first-order valence-corrected chi connectivity index (χ1v) is 8.71. The van der Waals surface area contributed by atoms with Crippen molar-refractivity contribution in [3.05, 3.63) is 35.0 Å². The number of H-pyrrole nitrogens is 1. The summed E-state index contributed by atoms with van der Waals surface area (Å²) in [4.78, 5) is 24.4. The van der Waals surface area contributed by atoms with Crippen LogP contribution in [0.5, 0.6) is 0 Å². The molecule has 0 aliphatic heterocycles. The first-order valence-electron chi connectivity index (χ1n) is 8.71. The summed E-state index contributed by atoms with van der Waals surface area (Å²) in [5, 5.41) is 13.0. The fourth-order valence-electron chi connectivity index (χ4n) is 3.86. The second-order valence-electron chi connectivity index (χ2n) is 6.57. The topological polar surface area (TPSA) is 99.4 Å². The molecule has 3 aromatic rings. The minimum atomic E-state index is -0.0536. The fraction of sp³-hybridized carbons (Fsp3) is 0.444. The van der Waals surface area contributed by atoms with Gasteiger partial charge in [0.15, 0.2) is 0 Å². The summed E-state index contributed by atoms with van der Waals surface area (Å²) in [6.07, 6.45) is 9.40. The third-order valence-electron chi connectivity index (χ3n) is 5.06. The van der Waals surface area contributed by atoms with Gasteiger partial charge in [-0.2, -0.15) is 5.26 Å². The molecule has 1 aliphatic rings. The lowest BCUT2D eigenvalue weighted by Gasteiger charge is -2.31. The quantitative estimate of drug-likeness (QED) is 0.712. The van der Waals surface area contributed by atoms with Crippen LogP contribution in [-0.2, 0) is 0 Å². The first kappa shape index (κ1) is 15.8. The lowest BCUT2D eigenvalue weighted by Crippen LogP contribution is -2.36. The van der Waals surface area contributed by atoms with Gasteiger partial charge in [0.1, 0.15) is 11.2 Å². The first-order chi connectivity index (χ1) is 12.3. The maximum absolute atomic E-state index is 12.6. The molecule has 7 heteroatoms. The SMILES string of the molecule is N#CCCN[C@H]1CC[C@H](n2c(=O)cnc3cnc4[nH]ccc4c32)CC1. The zero-order valence-electron chi connectivity index (χ0n) is 13.9. The number of aromatic amines is 1. The molecule has 4 rings (SSSR count). The van der Waals surface area contributed by atoms with E-state index in [2.05, 4.69) is 26.3 Å². The van der Waals surface area contributed by atoms with Gasteiger partial charge in [-0.1, -0.05) is 0 Å². The van der Waals surface area contributed by atoms with Crippen molar-refractivity contribution in [2.45, 2.75) is 44.2 Å². The van der Waals surface area contributed by atoms with Crippen LogP contribution in [0.2, 0.25) is 0 Å². The normalized spacial score (nSPS) is 20.8. The minimum Gasteiger partial charge on any atom is -0.346 e. The second kappa shape index (κ2) is 6.65. The van der Waals surface area contributed by atoms with Gasteiger partial charge < -0.3 is 14.9 Å². The summed E-state index contributed by atoms with van der Waals surface area (Å²) in [5.41, 5.74) is 2.35. The largest absolute Gasteiger partial charge is 0.346 e. The molecule has 128 valence electrons. The van der Waals surface area contributed by atoms with Crippen molar-refractivity contribution >= 4 is 22.1 Å². The molecule has 0 amide bonds. The van der Waals surface area contributed by atoms with E-state index >= 15 is 0 Å². The number of pyridine rings is 1. The Balaban J connectivity index is 1.66. The Morgan fingerprint density at radius 3 is 2.92 bits per heavy atom. The van der Waals surface area contributed by atoms with Crippen LogP contribution in [0.1, 0.15) is 38.1 Å². The van der Waals surface area contributed by atoms with E-state index in [1.54, 1.807) is 6.20 Å². The average Bonchev–Trinajstić information content (AvgIpc) is 3.12. The van der Waals surface area contributed by atoms with Gasteiger partial charge in [-0.05, 0) is 31.7 Å². The molecular formula is C18H20N6O. The molecular weight excluding hydrogens is 316 g/mol.